The normalized spacial score (nSPS) is 17.6. The quantitative estimate of drug-likeness (QED) is 0.669. The molecule has 2 aromatic carbocycles. The first-order valence-corrected chi connectivity index (χ1v) is 9.60. The molecule has 2 aliphatic heterocycles. The van der Waals surface area contributed by atoms with Crippen molar-refractivity contribution in [2.24, 2.45) is 0 Å². The topological polar surface area (TPSA) is 36.4 Å². The van der Waals surface area contributed by atoms with Crippen molar-refractivity contribution in [1.82, 2.24) is 9.88 Å². The van der Waals surface area contributed by atoms with Gasteiger partial charge in [0.25, 0.3) is 5.91 Å². The van der Waals surface area contributed by atoms with E-state index in [0.29, 0.717) is 0 Å². The van der Waals surface area contributed by atoms with Gasteiger partial charge < -0.3 is 9.80 Å². The van der Waals surface area contributed by atoms with Gasteiger partial charge in [-0.05, 0) is 57.1 Å². The molecule has 4 nitrogen and oxygen atoms in total. The molecule has 0 spiro atoms. The highest BCUT2D eigenvalue weighted by atomic mass is 16.2. The van der Waals surface area contributed by atoms with E-state index in [1.165, 1.54) is 19.3 Å². The Hall–Kier alpha value is -2.46. The average Bonchev–Trinajstić information content (AvgIpc) is 2.95. The van der Waals surface area contributed by atoms with Crippen molar-refractivity contribution in [3.63, 3.8) is 0 Å². The number of hydrogen-bond acceptors (Lipinski definition) is 3. The zero-order chi connectivity index (χ0) is 17.7. The van der Waals surface area contributed by atoms with Crippen LogP contribution in [0.25, 0.3) is 21.8 Å². The number of aryl methyl sites for hydroxylation is 1. The van der Waals surface area contributed by atoms with Crippen LogP contribution >= 0.6 is 0 Å². The van der Waals surface area contributed by atoms with Gasteiger partial charge in [-0.2, -0.15) is 0 Å². The fourth-order valence-corrected chi connectivity index (χ4v) is 4.43. The standard InChI is InChI=1S/C22H23N3O/c1-15-8-9-17-16(14-15)20-21-18(23-17)6-5-7-19(21)25(22(20)26)13-12-24-10-3-2-4-11-24/h5-9,14H,2-4,10-13H2,1H3. The molecule has 1 fully saturated rings. The van der Waals surface area contributed by atoms with Crippen molar-refractivity contribution in [2.45, 2.75) is 26.2 Å². The van der Waals surface area contributed by atoms with Crippen LogP contribution in [0.15, 0.2) is 36.4 Å². The molecule has 0 unspecified atom stereocenters. The minimum absolute atomic E-state index is 0.131. The maximum atomic E-state index is 13.4. The van der Waals surface area contributed by atoms with E-state index in [-0.39, 0.29) is 5.91 Å². The van der Waals surface area contributed by atoms with E-state index in [9.17, 15) is 4.79 Å². The van der Waals surface area contributed by atoms with Gasteiger partial charge in [-0.1, -0.05) is 24.1 Å². The number of amides is 1. The predicted molar refractivity (Wildman–Crippen MR) is 106 cm³/mol. The Kier molecular flexibility index (Phi) is 3.68. The maximum Gasteiger partial charge on any atom is 0.259 e. The molecule has 1 saturated heterocycles. The Morgan fingerprint density at radius 3 is 2.69 bits per heavy atom. The third-order valence-electron chi connectivity index (χ3n) is 5.77. The van der Waals surface area contributed by atoms with Crippen molar-refractivity contribution in [2.75, 3.05) is 31.1 Å². The van der Waals surface area contributed by atoms with Crippen LogP contribution in [0.1, 0.15) is 35.2 Å². The van der Waals surface area contributed by atoms with Gasteiger partial charge >= 0.3 is 0 Å². The lowest BCUT2D eigenvalue weighted by molar-refractivity contribution is 0.0990. The Bertz CT molecular complexity index is 1020. The Morgan fingerprint density at radius 1 is 1.00 bits per heavy atom. The SMILES string of the molecule is Cc1ccc2nc3cccc4c3c(c2c1)C(=O)N4CCN1CCCCC1. The second-order valence-corrected chi connectivity index (χ2v) is 7.54. The molecular formula is C22H23N3O. The van der Waals surface area contributed by atoms with E-state index < -0.39 is 0 Å². The highest BCUT2D eigenvalue weighted by Gasteiger charge is 2.32. The van der Waals surface area contributed by atoms with Crippen LogP contribution in [0.5, 0.6) is 0 Å². The number of carbonyl (C=O) groups is 1. The molecule has 3 aromatic rings. The van der Waals surface area contributed by atoms with Crippen molar-refractivity contribution in [3.05, 3.63) is 47.5 Å². The lowest BCUT2D eigenvalue weighted by Gasteiger charge is -2.28. The summed E-state index contributed by atoms with van der Waals surface area (Å²) in [6, 6.07) is 12.3. The largest absolute Gasteiger partial charge is 0.306 e. The van der Waals surface area contributed by atoms with Crippen molar-refractivity contribution >= 4 is 33.4 Å². The summed E-state index contributed by atoms with van der Waals surface area (Å²) in [5, 5.41) is 2.00. The van der Waals surface area contributed by atoms with Gasteiger partial charge in [-0.3, -0.25) is 4.79 Å². The minimum atomic E-state index is 0.131. The van der Waals surface area contributed by atoms with Crippen molar-refractivity contribution in [1.29, 1.82) is 0 Å². The van der Waals surface area contributed by atoms with Crippen LogP contribution in [0.2, 0.25) is 0 Å². The molecule has 3 heterocycles. The molecule has 1 amide bonds. The molecule has 1 aromatic heterocycles. The first-order chi connectivity index (χ1) is 12.7. The number of benzene rings is 2. The Morgan fingerprint density at radius 2 is 1.85 bits per heavy atom. The first-order valence-electron chi connectivity index (χ1n) is 9.60. The Balaban J connectivity index is 1.58. The third kappa shape index (κ3) is 2.40. The summed E-state index contributed by atoms with van der Waals surface area (Å²) in [6.07, 6.45) is 3.89. The number of anilines is 1. The molecule has 0 aliphatic carbocycles. The maximum absolute atomic E-state index is 13.4. The number of piperidine rings is 1. The summed E-state index contributed by atoms with van der Waals surface area (Å²) in [5.74, 6) is 0.131. The molecule has 0 saturated carbocycles. The van der Waals surface area contributed by atoms with E-state index in [4.69, 9.17) is 4.98 Å². The molecule has 132 valence electrons. The summed E-state index contributed by atoms with van der Waals surface area (Å²) in [7, 11) is 0. The monoisotopic (exact) mass is 345 g/mol. The van der Waals surface area contributed by atoms with Gasteiger partial charge in [0.2, 0.25) is 0 Å². The number of carbonyl (C=O) groups excluding carboxylic acids is 1. The van der Waals surface area contributed by atoms with Crippen molar-refractivity contribution in [3.8, 4) is 0 Å². The van der Waals surface area contributed by atoms with Crippen molar-refractivity contribution < 1.29 is 4.79 Å². The van der Waals surface area contributed by atoms with Crippen LogP contribution in [0.3, 0.4) is 0 Å². The van der Waals surface area contributed by atoms with Gasteiger partial charge in [-0.15, -0.1) is 0 Å². The number of likely N-dealkylation sites (tertiary alicyclic amines) is 1. The zero-order valence-electron chi connectivity index (χ0n) is 15.2. The molecule has 0 N–H and O–H groups in total. The van der Waals surface area contributed by atoms with Gasteiger partial charge in [0.1, 0.15) is 0 Å². The minimum Gasteiger partial charge on any atom is -0.306 e. The van der Waals surface area contributed by atoms with E-state index in [2.05, 4.69) is 30.0 Å². The first kappa shape index (κ1) is 15.8. The summed E-state index contributed by atoms with van der Waals surface area (Å²) < 4.78 is 0. The predicted octanol–water partition coefficient (Wildman–Crippen LogP) is 4.14. The molecule has 0 radical (unpaired) electrons. The smallest absolute Gasteiger partial charge is 0.259 e. The molecule has 2 aliphatic rings. The summed E-state index contributed by atoms with van der Waals surface area (Å²) in [4.78, 5) is 22.6. The highest BCUT2D eigenvalue weighted by Crippen LogP contribution is 2.40. The fourth-order valence-electron chi connectivity index (χ4n) is 4.43. The number of fused-ring (bicyclic) bond motifs is 2. The lowest BCUT2D eigenvalue weighted by Crippen LogP contribution is -2.39. The molecule has 0 bridgehead atoms. The number of rotatable bonds is 3. The Labute approximate surface area is 153 Å². The van der Waals surface area contributed by atoms with E-state index in [0.717, 1.165) is 64.8 Å². The van der Waals surface area contributed by atoms with Gasteiger partial charge in [0.15, 0.2) is 0 Å². The number of hydrogen-bond donors (Lipinski definition) is 0. The van der Waals surface area contributed by atoms with Crippen LogP contribution in [0.4, 0.5) is 5.69 Å². The molecular weight excluding hydrogens is 322 g/mol. The van der Waals surface area contributed by atoms with E-state index >= 15 is 0 Å². The zero-order valence-corrected chi connectivity index (χ0v) is 15.2. The fraction of sp³-hybridized carbons (Fsp3) is 0.364. The van der Waals surface area contributed by atoms with Crippen LogP contribution in [-0.2, 0) is 0 Å². The van der Waals surface area contributed by atoms with Crippen LogP contribution < -0.4 is 4.90 Å². The highest BCUT2D eigenvalue weighted by molar-refractivity contribution is 6.30. The summed E-state index contributed by atoms with van der Waals surface area (Å²) in [6.45, 7) is 6.07. The second kappa shape index (κ2) is 6.06. The van der Waals surface area contributed by atoms with Gasteiger partial charge in [0.05, 0.1) is 22.3 Å². The number of nitrogens with zero attached hydrogens (tertiary/aromatic N) is 3. The van der Waals surface area contributed by atoms with E-state index in [1.807, 2.05) is 23.1 Å². The lowest BCUT2D eigenvalue weighted by atomic mass is 10.0. The number of pyridine rings is 1. The number of aromatic nitrogens is 1. The van der Waals surface area contributed by atoms with Crippen LogP contribution in [-0.4, -0.2) is 42.0 Å². The van der Waals surface area contributed by atoms with E-state index in [1.54, 1.807) is 0 Å². The molecule has 26 heavy (non-hydrogen) atoms. The van der Waals surface area contributed by atoms with Gasteiger partial charge in [-0.25, -0.2) is 4.98 Å². The second-order valence-electron chi connectivity index (χ2n) is 7.54. The van der Waals surface area contributed by atoms with Crippen LogP contribution in [0, 0.1) is 6.92 Å². The average molecular weight is 345 g/mol. The summed E-state index contributed by atoms with van der Waals surface area (Å²) >= 11 is 0. The molecule has 5 rings (SSSR count). The summed E-state index contributed by atoms with van der Waals surface area (Å²) in [5.41, 5.74) is 4.84. The molecule has 0 atom stereocenters. The third-order valence-corrected chi connectivity index (χ3v) is 5.77. The van der Waals surface area contributed by atoms with Gasteiger partial charge in [0, 0.05) is 23.9 Å². The molecule has 4 heteroatoms.